The largest absolute Gasteiger partial charge is 0.490 e. The van der Waals surface area contributed by atoms with E-state index in [4.69, 9.17) is 15.2 Å². The van der Waals surface area contributed by atoms with Crippen molar-refractivity contribution < 1.29 is 9.47 Å². The Morgan fingerprint density at radius 2 is 1.95 bits per heavy atom. The number of thiazole rings is 1. The summed E-state index contributed by atoms with van der Waals surface area (Å²) in [6.45, 7) is 3.37. The second-order valence-corrected chi connectivity index (χ2v) is 6.38. The first-order valence-corrected chi connectivity index (χ1v) is 7.58. The number of nitrogens with zero attached hydrogens (tertiary/aromatic N) is 1. The summed E-state index contributed by atoms with van der Waals surface area (Å²) in [7, 11) is 0. The fourth-order valence-electron chi connectivity index (χ4n) is 2.03. The zero-order chi connectivity index (χ0) is 13.4. The Morgan fingerprint density at radius 1 is 1.26 bits per heavy atom. The highest BCUT2D eigenvalue weighted by molar-refractivity contribution is 9.10. The molecule has 0 atom stereocenters. The third-order valence-corrected chi connectivity index (χ3v) is 4.36. The van der Waals surface area contributed by atoms with E-state index in [-0.39, 0.29) is 0 Å². The number of fused-ring (bicyclic) bond motifs is 1. The number of nitrogens with two attached hydrogens (primary N) is 1. The zero-order valence-corrected chi connectivity index (χ0v) is 12.8. The minimum atomic E-state index is 0.575. The summed E-state index contributed by atoms with van der Waals surface area (Å²) in [5, 5.41) is 0.575. The number of rotatable bonds is 1. The number of halogens is 1. The predicted octanol–water partition coefficient (Wildman–Crippen LogP) is 3.62. The van der Waals surface area contributed by atoms with Gasteiger partial charge in [0.1, 0.15) is 0 Å². The van der Waals surface area contributed by atoms with Gasteiger partial charge < -0.3 is 15.2 Å². The van der Waals surface area contributed by atoms with Gasteiger partial charge in [0.15, 0.2) is 16.6 Å². The van der Waals surface area contributed by atoms with E-state index < -0.39 is 0 Å². The monoisotopic (exact) mass is 340 g/mol. The quantitative estimate of drug-likeness (QED) is 0.861. The number of hydrogen-bond donors (Lipinski definition) is 1. The third kappa shape index (κ3) is 2.42. The molecular weight excluding hydrogens is 328 g/mol. The first-order chi connectivity index (χ1) is 9.15. The molecule has 0 bridgehead atoms. The SMILES string of the molecule is Cc1sc(N)nc1-c1cc2c(cc1Br)OCCCO2. The van der Waals surface area contributed by atoms with Crippen LogP contribution in [0.3, 0.4) is 0 Å². The predicted molar refractivity (Wildman–Crippen MR) is 80.0 cm³/mol. The van der Waals surface area contributed by atoms with E-state index in [0.717, 1.165) is 38.5 Å². The summed E-state index contributed by atoms with van der Waals surface area (Å²) in [5.41, 5.74) is 7.64. The van der Waals surface area contributed by atoms with E-state index in [1.54, 1.807) is 0 Å². The molecule has 1 aromatic heterocycles. The lowest BCUT2D eigenvalue weighted by molar-refractivity contribution is 0.297. The number of anilines is 1. The van der Waals surface area contributed by atoms with Crippen LogP contribution in [0.25, 0.3) is 11.3 Å². The molecule has 0 amide bonds. The van der Waals surface area contributed by atoms with Crippen LogP contribution in [0.5, 0.6) is 11.5 Å². The van der Waals surface area contributed by atoms with Crippen molar-refractivity contribution in [3.8, 4) is 22.8 Å². The van der Waals surface area contributed by atoms with Crippen molar-refractivity contribution in [1.82, 2.24) is 4.98 Å². The third-order valence-electron chi connectivity index (χ3n) is 2.91. The first-order valence-electron chi connectivity index (χ1n) is 5.97. The smallest absolute Gasteiger partial charge is 0.180 e. The Labute approximate surface area is 123 Å². The zero-order valence-electron chi connectivity index (χ0n) is 10.4. The van der Waals surface area contributed by atoms with Gasteiger partial charge in [0, 0.05) is 21.3 Å². The van der Waals surface area contributed by atoms with Gasteiger partial charge in [0.25, 0.3) is 0 Å². The van der Waals surface area contributed by atoms with Crippen LogP contribution in [0, 0.1) is 6.92 Å². The lowest BCUT2D eigenvalue weighted by Crippen LogP contribution is -1.97. The van der Waals surface area contributed by atoms with Crippen molar-refractivity contribution in [2.75, 3.05) is 18.9 Å². The van der Waals surface area contributed by atoms with Crippen molar-refractivity contribution in [1.29, 1.82) is 0 Å². The Morgan fingerprint density at radius 3 is 2.58 bits per heavy atom. The molecule has 2 aromatic rings. The number of nitrogen functional groups attached to an aromatic ring is 1. The Balaban J connectivity index is 2.12. The standard InChI is InChI=1S/C13H13BrN2O2S/c1-7-12(16-13(15)19-7)8-5-10-11(6-9(8)14)18-4-2-3-17-10/h5-6H,2-4H2,1H3,(H2,15,16). The van der Waals surface area contributed by atoms with Crippen LogP contribution in [0.4, 0.5) is 5.13 Å². The number of benzene rings is 1. The maximum Gasteiger partial charge on any atom is 0.180 e. The van der Waals surface area contributed by atoms with Gasteiger partial charge in [-0.05, 0) is 35.0 Å². The average Bonchev–Trinajstić information content (AvgIpc) is 2.59. The van der Waals surface area contributed by atoms with Crippen LogP contribution in [0.15, 0.2) is 16.6 Å². The minimum Gasteiger partial charge on any atom is -0.490 e. The van der Waals surface area contributed by atoms with Crippen molar-refractivity contribution in [2.45, 2.75) is 13.3 Å². The Bertz CT molecular complexity index is 627. The van der Waals surface area contributed by atoms with Gasteiger partial charge in [-0.25, -0.2) is 4.98 Å². The van der Waals surface area contributed by atoms with Crippen LogP contribution in [-0.2, 0) is 0 Å². The van der Waals surface area contributed by atoms with Crippen molar-refractivity contribution >= 4 is 32.4 Å². The number of aryl methyl sites for hydroxylation is 1. The van der Waals surface area contributed by atoms with Gasteiger partial charge >= 0.3 is 0 Å². The Hall–Kier alpha value is -1.27. The molecule has 19 heavy (non-hydrogen) atoms. The number of hydrogen-bond acceptors (Lipinski definition) is 5. The minimum absolute atomic E-state index is 0.575. The van der Waals surface area contributed by atoms with E-state index in [0.29, 0.717) is 18.3 Å². The van der Waals surface area contributed by atoms with Crippen molar-refractivity contribution in [2.24, 2.45) is 0 Å². The van der Waals surface area contributed by atoms with Crippen molar-refractivity contribution in [3.05, 3.63) is 21.5 Å². The lowest BCUT2D eigenvalue weighted by Gasteiger charge is -2.11. The highest BCUT2D eigenvalue weighted by Gasteiger charge is 2.18. The van der Waals surface area contributed by atoms with Gasteiger partial charge in [-0.15, -0.1) is 11.3 Å². The normalized spacial score (nSPS) is 14.2. The van der Waals surface area contributed by atoms with Crippen LogP contribution in [0.2, 0.25) is 0 Å². The molecule has 4 nitrogen and oxygen atoms in total. The molecule has 3 rings (SSSR count). The van der Waals surface area contributed by atoms with Crippen molar-refractivity contribution in [3.63, 3.8) is 0 Å². The molecule has 1 aromatic carbocycles. The summed E-state index contributed by atoms with van der Waals surface area (Å²) in [6.07, 6.45) is 0.893. The molecule has 0 fully saturated rings. The van der Waals surface area contributed by atoms with Gasteiger partial charge in [0.05, 0.1) is 18.9 Å². The average molecular weight is 341 g/mol. The molecule has 2 N–H and O–H groups in total. The number of ether oxygens (including phenoxy) is 2. The van der Waals surface area contributed by atoms with Crippen LogP contribution in [0.1, 0.15) is 11.3 Å². The molecule has 6 heteroatoms. The lowest BCUT2D eigenvalue weighted by atomic mass is 10.1. The topological polar surface area (TPSA) is 57.4 Å². The van der Waals surface area contributed by atoms with Gasteiger partial charge in [-0.1, -0.05) is 0 Å². The fraction of sp³-hybridized carbons (Fsp3) is 0.308. The molecule has 0 aliphatic carbocycles. The summed E-state index contributed by atoms with van der Waals surface area (Å²) in [5.74, 6) is 1.54. The molecule has 0 radical (unpaired) electrons. The summed E-state index contributed by atoms with van der Waals surface area (Å²) >= 11 is 5.06. The van der Waals surface area contributed by atoms with E-state index in [1.807, 2.05) is 19.1 Å². The maximum absolute atomic E-state index is 5.77. The molecule has 0 spiro atoms. The highest BCUT2D eigenvalue weighted by Crippen LogP contribution is 2.41. The second-order valence-electron chi connectivity index (χ2n) is 4.29. The van der Waals surface area contributed by atoms with E-state index in [1.165, 1.54) is 11.3 Å². The Kier molecular flexibility index (Phi) is 3.36. The van der Waals surface area contributed by atoms with Gasteiger partial charge in [-0.2, -0.15) is 0 Å². The molecule has 0 saturated carbocycles. The van der Waals surface area contributed by atoms with E-state index in [9.17, 15) is 0 Å². The molecule has 100 valence electrons. The molecule has 0 unspecified atom stereocenters. The highest BCUT2D eigenvalue weighted by atomic mass is 79.9. The summed E-state index contributed by atoms with van der Waals surface area (Å²) in [4.78, 5) is 5.47. The first kappa shape index (κ1) is 12.7. The van der Waals surface area contributed by atoms with Crippen LogP contribution in [-0.4, -0.2) is 18.2 Å². The molecule has 2 heterocycles. The van der Waals surface area contributed by atoms with Crippen LogP contribution < -0.4 is 15.2 Å². The van der Waals surface area contributed by atoms with Gasteiger partial charge in [0.2, 0.25) is 0 Å². The fourth-order valence-corrected chi connectivity index (χ4v) is 3.25. The molecular formula is C13H13BrN2O2S. The second kappa shape index (κ2) is 5.02. The number of aromatic nitrogens is 1. The van der Waals surface area contributed by atoms with E-state index in [2.05, 4.69) is 20.9 Å². The molecule has 0 saturated heterocycles. The van der Waals surface area contributed by atoms with E-state index >= 15 is 0 Å². The maximum atomic E-state index is 5.77. The molecule has 1 aliphatic heterocycles. The van der Waals surface area contributed by atoms with Gasteiger partial charge in [-0.3, -0.25) is 0 Å². The van der Waals surface area contributed by atoms with Crippen LogP contribution >= 0.6 is 27.3 Å². The summed E-state index contributed by atoms with van der Waals surface area (Å²) in [6, 6.07) is 3.90. The molecule has 1 aliphatic rings. The summed E-state index contributed by atoms with van der Waals surface area (Å²) < 4.78 is 12.3.